The van der Waals surface area contributed by atoms with Gasteiger partial charge in [0.05, 0.1) is 0 Å². The van der Waals surface area contributed by atoms with Gasteiger partial charge in [-0.3, -0.25) is 9.59 Å². The van der Waals surface area contributed by atoms with E-state index in [2.05, 4.69) is 5.32 Å². The molecule has 1 aliphatic rings. The molecule has 0 radical (unpaired) electrons. The lowest BCUT2D eigenvalue weighted by molar-refractivity contribution is -0.139. The SMILES string of the molecule is CC(=O)C(=O)c1ccc(CC(NC2=CC2)C(=O)O)cc1. The molecule has 0 heterocycles. The fraction of sp³-hybridized carbons (Fsp3) is 0.267. The van der Waals surface area contributed by atoms with Gasteiger partial charge in [-0.25, -0.2) is 4.79 Å². The maximum absolute atomic E-state index is 11.5. The third kappa shape index (κ3) is 3.54. The lowest BCUT2D eigenvalue weighted by atomic mass is 10.0. The van der Waals surface area contributed by atoms with Gasteiger partial charge in [0, 0.05) is 31.0 Å². The fourth-order valence-electron chi connectivity index (χ4n) is 1.82. The van der Waals surface area contributed by atoms with Gasteiger partial charge in [0.15, 0.2) is 5.78 Å². The number of aliphatic carboxylic acids is 1. The smallest absolute Gasteiger partial charge is 0.326 e. The van der Waals surface area contributed by atoms with Gasteiger partial charge in [-0.2, -0.15) is 0 Å². The molecule has 1 aromatic carbocycles. The summed E-state index contributed by atoms with van der Waals surface area (Å²) in [7, 11) is 0. The van der Waals surface area contributed by atoms with Crippen LogP contribution in [-0.4, -0.2) is 28.7 Å². The molecule has 20 heavy (non-hydrogen) atoms. The molecule has 104 valence electrons. The lowest BCUT2D eigenvalue weighted by Gasteiger charge is -2.13. The molecular weight excluding hydrogens is 258 g/mol. The van der Waals surface area contributed by atoms with Crippen molar-refractivity contribution in [1.29, 1.82) is 0 Å². The Bertz CT molecular complexity index is 586. The Hall–Kier alpha value is -2.43. The molecule has 2 rings (SSSR count). The van der Waals surface area contributed by atoms with Crippen LogP contribution in [0, 0.1) is 0 Å². The first-order valence-electron chi connectivity index (χ1n) is 6.30. The van der Waals surface area contributed by atoms with E-state index in [4.69, 9.17) is 5.11 Å². The number of nitrogens with one attached hydrogen (secondary N) is 1. The zero-order valence-corrected chi connectivity index (χ0v) is 11.1. The van der Waals surface area contributed by atoms with Crippen LogP contribution >= 0.6 is 0 Å². The van der Waals surface area contributed by atoms with Crippen LogP contribution in [0.25, 0.3) is 0 Å². The lowest BCUT2D eigenvalue weighted by Crippen LogP contribution is -2.36. The number of carboxylic acids is 1. The Morgan fingerprint density at radius 1 is 1.25 bits per heavy atom. The average Bonchev–Trinajstić information content (AvgIpc) is 3.21. The van der Waals surface area contributed by atoms with Gasteiger partial charge in [-0.1, -0.05) is 30.3 Å². The minimum absolute atomic E-state index is 0.321. The topological polar surface area (TPSA) is 83.5 Å². The molecule has 0 amide bonds. The number of hydrogen-bond acceptors (Lipinski definition) is 4. The van der Waals surface area contributed by atoms with Gasteiger partial charge in [-0.15, -0.1) is 0 Å². The molecule has 1 aromatic rings. The zero-order valence-electron chi connectivity index (χ0n) is 11.1. The highest BCUT2D eigenvalue weighted by molar-refractivity contribution is 6.42. The average molecular weight is 273 g/mol. The van der Waals surface area contributed by atoms with E-state index in [0.717, 1.165) is 17.7 Å². The minimum Gasteiger partial charge on any atom is -0.480 e. The van der Waals surface area contributed by atoms with Crippen molar-refractivity contribution in [2.24, 2.45) is 0 Å². The first-order chi connectivity index (χ1) is 9.47. The molecule has 1 aliphatic carbocycles. The molecule has 0 saturated heterocycles. The van der Waals surface area contributed by atoms with E-state index in [1.807, 2.05) is 6.08 Å². The van der Waals surface area contributed by atoms with Crippen molar-refractivity contribution >= 4 is 17.5 Å². The van der Waals surface area contributed by atoms with E-state index in [-0.39, 0.29) is 0 Å². The predicted molar refractivity (Wildman–Crippen MR) is 72.4 cm³/mol. The molecule has 1 unspecified atom stereocenters. The summed E-state index contributed by atoms with van der Waals surface area (Å²) < 4.78 is 0. The van der Waals surface area contributed by atoms with Crippen molar-refractivity contribution in [2.45, 2.75) is 25.8 Å². The number of ketones is 2. The number of rotatable bonds is 7. The standard InChI is InChI=1S/C15H15NO4/c1-9(17)14(18)11-4-2-10(3-5-11)8-13(15(19)20)16-12-6-7-12/h2-6,13,16H,7-8H2,1H3,(H,19,20). The van der Waals surface area contributed by atoms with E-state index in [9.17, 15) is 14.4 Å². The van der Waals surface area contributed by atoms with Crippen LogP contribution < -0.4 is 5.32 Å². The van der Waals surface area contributed by atoms with Gasteiger partial charge in [0.1, 0.15) is 6.04 Å². The van der Waals surface area contributed by atoms with Crippen LogP contribution in [0.5, 0.6) is 0 Å². The van der Waals surface area contributed by atoms with E-state index in [1.165, 1.54) is 6.92 Å². The van der Waals surface area contributed by atoms with Gasteiger partial charge in [0.25, 0.3) is 0 Å². The third-order valence-corrected chi connectivity index (χ3v) is 3.04. The number of benzene rings is 1. The molecule has 2 N–H and O–H groups in total. The number of carbonyl (C=O) groups is 3. The summed E-state index contributed by atoms with van der Waals surface area (Å²) in [6.07, 6.45) is 3.06. The van der Waals surface area contributed by atoms with Crippen molar-refractivity contribution < 1.29 is 19.5 Å². The quantitative estimate of drug-likeness (QED) is 0.578. The van der Waals surface area contributed by atoms with Gasteiger partial charge < -0.3 is 10.4 Å². The molecule has 0 aromatic heterocycles. The van der Waals surface area contributed by atoms with E-state index in [1.54, 1.807) is 24.3 Å². The van der Waals surface area contributed by atoms with Crippen LogP contribution in [0.15, 0.2) is 36.0 Å². The molecule has 1 atom stereocenters. The molecule has 0 fully saturated rings. The minimum atomic E-state index is -0.915. The van der Waals surface area contributed by atoms with E-state index >= 15 is 0 Å². The number of carbonyl (C=O) groups excluding carboxylic acids is 2. The fourth-order valence-corrected chi connectivity index (χ4v) is 1.82. The second-order valence-electron chi connectivity index (χ2n) is 4.76. The van der Waals surface area contributed by atoms with Crippen LogP contribution in [-0.2, 0) is 16.0 Å². The molecule has 0 saturated carbocycles. The molecular formula is C15H15NO4. The van der Waals surface area contributed by atoms with Gasteiger partial charge in [-0.05, 0) is 5.56 Å². The normalized spacial score (nSPS) is 14.2. The Kier molecular flexibility index (Phi) is 3.98. The maximum atomic E-state index is 11.5. The molecule has 5 heteroatoms. The summed E-state index contributed by atoms with van der Waals surface area (Å²) in [5, 5.41) is 12.1. The van der Waals surface area contributed by atoms with Crippen molar-refractivity contribution in [3.63, 3.8) is 0 Å². The number of allylic oxidation sites excluding steroid dienone is 2. The van der Waals surface area contributed by atoms with E-state index < -0.39 is 23.6 Å². The molecule has 0 bridgehead atoms. The van der Waals surface area contributed by atoms with Crippen molar-refractivity contribution in [3.8, 4) is 0 Å². The summed E-state index contributed by atoms with van der Waals surface area (Å²) in [6.45, 7) is 1.23. The molecule has 0 aliphatic heterocycles. The highest BCUT2D eigenvalue weighted by Gasteiger charge is 2.21. The van der Waals surface area contributed by atoms with Gasteiger partial charge in [0.2, 0.25) is 5.78 Å². The second-order valence-corrected chi connectivity index (χ2v) is 4.76. The molecule has 5 nitrogen and oxygen atoms in total. The first-order valence-corrected chi connectivity index (χ1v) is 6.30. The summed E-state index contributed by atoms with van der Waals surface area (Å²) in [6, 6.07) is 5.77. The maximum Gasteiger partial charge on any atom is 0.326 e. The van der Waals surface area contributed by atoms with Crippen molar-refractivity contribution in [3.05, 3.63) is 47.2 Å². The van der Waals surface area contributed by atoms with Crippen molar-refractivity contribution in [1.82, 2.24) is 5.32 Å². The largest absolute Gasteiger partial charge is 0.480 e. The monoisotopic (exact) mass is 273 g/mol. The summed E-state index contributed by atoms with van der Waals surface area (Å²) in [4.78, 5) is 33.6. The summed E-state index contributed by atoms with van der Waals surface area (Å²) in [5.74, 6) is -1.96. The molecule has 0 spiro atoms. The first kappa shape index (κ1) is 14.0. The second kappa shape index (κ2) is 5.69. The predicted octanol–water partition coefficient (Wildman–Crippen LogP) is 1.33. The summed E-state index contributed by atoms with van der Waals surface area (Å²) in [5.41, 5.74) is 2.07. The number of hydrogen-bond donors (Lipinski definition) is 2. The third-order valence-electron chi connectivity index (χ3n) is 3.04. The Balaban J connectivity index is 2.05. The van der Waals surface area contributed by atoms with Crippen molar-refractivity contribution in [2.75, 3.05) is 0 Å². The highest BCUT2D eigenvalue weighted by Crippen LogP contribution is 2.16. The van der Waals surface area contributed by atoms with Crippen LogP contribution in [0.1, 0.15) is 29.3 Å². The van der Waals surface area contributed by atoms with Crippen LogP contribution in [0.2, 0.25) is 0 Å². The van der Waals surface area contributed by atoms with Crippen LogP contribution in [0.3, 0.4) is 0 Å². The van der Waals surface area contributed by atoms with E-state index in [0.29, 0.717) is 12.0 Å². The summed E-state index contributed by atoms with van der Waals surface area (Å²) >= 11 is 0. The zero-order chi connectivity index (χ0) is 14.7. The number of Topliss-reactive ketones (excluding diaryl/α,β-unsaturated/α-hetero) is 2. The number of carboxylic acid groups (broad SMARTS) is 1. The van der Waals surface area contributed by atoms with Gasteiger partial charge >= 0.3 is 5.97 Å². The Morgan fingerprint density at radius 3 is 2.30 bits per heavy atom. The Morgan fingerprint density at radius 2 is 1.85 bits per heavy atom. The Labute approximate surface area is 116 Å². The van der Waals surface area contributed by atoms with Crippen LogP contribution in [0.4, 0.5) is 0 Å². The highest BCUT2D eigenvalue weighted by atomic mass is 16.4.